The molecule has 1 aromatic heterocycles. The van der Waals surface area contributed by atoms with Gasteiger partial charge < -0.3 is 15.1 Å². The molecule has 1 aliphatic rings. The third-order valence-corrected chi connectivity index (χ3v) is 3.56. The number of rotatable bonds is 2. The molecule has 2 atom stereocenters. The predicted molar refractivity (Wildman–Crippen MR) is 64.4 cm³/mol. The van der Waals surface area contributed by atoms with E-state index >= 15 is 0 Å². The summed E-state index contributed by atoms with van der Waals surface area (Å²) in [5.41, 5.74) is 5.83. The number of oxazole rings is 1. The lowest BCUT2D eigenvalue weighted by Crippen LogP contribution is -2.40. The minimum atomic E-state index is 0.422. The highest BCUT2D eigenvalue weighted by Gasteiger charge is 2.27. The quantitative estimate of drug-likeness (QED) is 0.832. The molecule has 0 spiro atoms. The Labute approximate surface area is 96.8 Å². The molecule has 2 N–H and O–H groups in total. The van der Waals surface area contributed by atoms with Gasteiger partial charge in [-0.15, -0.1) is 0 Å². The molecule has 0 saturated carbocycles. The fourth-order valence-electron chi connectivity index (χ4n) is 2.45. The Morgan fingerprint density at radius 1 is 1.56 bits per heavy atom. The van der Waals surface area contributed by atoms with Crippen LogP contribution >= 0.6 is 0 Å². The molecule has 0 unspecified atom stereocenters. The van der Waals surface area contributed by atoms with E-state index in [4.69, 9.17) is 10.2 Å². The van der Waals surface area contributed by atoms with Crippen LogP contribution in [0.4, 0.5) is 6.01 Å². The SMILES string of the molecule is Cc1cnc(N2CCCC[C@H](CN)[C@H]2C)o1. The highest BCUT2D eigenvalue weighted by molar-refractivity contribution is 5.29. The molecular formula is C12H21N3O. The van der Waals surface area contributed by atoms with Gasteiger partial charge in [-0.2, -0.15) is 0 Å². The summed E-state index contributed by atoms with van der Waals surface area (Å²) in [7, 11) is 0. The van der Waals surface area contributed by atoms with E-state index in [0.717, 1.165) is 24.9 Å². The Morgan fingerprint density at radius 3 is 3.00 bits per heavy atom. The number of nitrogens with zero attached hydrogens (tertiary/aromatic N) is 2. The largest absolute Gasteiger partial charge is 0.429 e. The molecular weight excluding hydrogens is 202 g/mol. The van der Waals surface area contributed by atoms with Gasteiger partial charge in [0.2, 0.25) is 0 Å². The van der Waals surface area contributed by atoms with Crippen LogP contribution in [0.3, 0.4) is 0 Å². The van der Waals surface area contributed by atoms with Crippen molar-refractivity contribution in [2.45, 2.75) is 39.2 Å². The molecule has 0 aromatic carbocycles. The summed E-state index contributed by atoms with van der Waals surface area (Å²) in [6, 6.07) is 1.18. The molecule has 2 heterocycles. The fourth-order valence-corrected chi connectivity index (χ4v) is 2.45. The Bertz CT molecular complexity index is 337. The fraction of sp³-hybridized carbons (Fsp3) is 0.750. The Morgan fingerprint density at radius 2 is 2.38 bits per heavy atom. The summed E-state index contributed by atoms with van der Waals surface area (Å²) >= 11 is 0. The van der Waals surface area contributed by atoms with Crippen LogP contribution in [0.1, 0.15) is 31.9 Å². The van der Waals surface area contributed by atoms with Crippen molar-refractivity contribution in [3.8, 4) is 0 Å². The molecule has 16 heavy (non-hydrogen) atoms. The molecule has 0 radical (unpaired) electrons. The Balaban J connectivity index is 2.18. The smallest absolute Gasteiger partial charge is 0.297 e. The van der Waals surface area contributed by atoms with Crippen molar-refractivity contribution < 1.29 is 4.42 Å². The van der Waals surface area contributed by atoms with Crippen molar-refractivity contribution in [2.75, 3.05) is 18.0 Å². The Hall–Kier alpha value is -1.03. The van der Waals surface area contributed by atoms with E-state index in [1.54, 1.807) is 6.20 Å². The van der Waals surface area contributed by atoms with Gasteiger partial charge in [0.15, 0.2) is 0 Å². The highest BCUT2D eigenvalue weighted by atomic mass is 16.4. The van der Waals surface area contributed by atoms with Crippen LogP contribution in [0, 0.1) is 12.8 Å². The summed E-state index contributed by atoms with van der Waals surface area (Å²) in [4.78, 5) is 6.58. The van der Waals surface area contributed by atoms with E-state index in [1.165, 1.54) is 19.3 Å². The molecule has 4 nitrogen and oxygen atoms in total. The predicted octanol–water partition coefficient (Wildman–Crippen LogP) is 1.94. The highest BCUT2D eigenvalue weighted by Crippen LogP contribution is 2.26. The molecule has 0 bridgehead atoms. The van der Waals surface area contributed by atoms with Crippen LogP contribution < -0.4 is 10.6 Å². The lowest BCUT2D eigenvalue weighted by molar-refractivity contribution is 0.400. The minimum absolute atomic E-state index is 0.422. The topological polar surface area (TPSA) is 55.3 Å². The van der Waals surface area contributed by atoms with E-state index < -0.39 is 0 Å². The average Bonchev–Trinajstić information content (AvgIpc) is 2.60. The third-order valence-electron chi connectivity index (χ3n) is 3.56. The van der Waals surface area contributed by atoms with Crippen molar-refractivity contribution in [1.29, 1.82) is 0 Å². The first-order valence-corrected chi connectivity index (χ1v) is 6.11. The Kier molecular flexibility index (Phi) is 3.49. The maximum absolute atomic E-state index is 5.83. The number of nitrogens with two attached hydrogens (primary N) is 1. The zero-order valence-corrected chi connectivity index (χ0v) is 10.1. The van der Waals surface area contributed by atoms with Gasteiger partial charge in [-0.25, -0.2) is 4.98 Å². The summed E-state index contributed by atoms with van der Waals surface area (Å²) < 4.78 is 5.62. The third kappa shape index (κ3) is 2.21. The van der Waals surface area contributed by atoms with Gasteiger partial charge in [0, 0.05) is 12.6 Å². The van der Waals surface area contributed by atoms with Crippen LogP contribution in [0.5, 0.6) is 0 Å². The van der Waals surface area contributed by atoms with Crippen LogP contribution in [0.2, 0.25) is 0 Å². The zero-order valence-electron chi connectivity index (χ0n) is 10.1. The maximum Gasteiger partial charge on any atom is 0.297 e. The van der Waals surface area contributed by atoms with E-state index in [0.29, 0.717) is 12.0 Å². The van der Waals surface area contributed by atoms with E-state index in [-0.39, 0.29) is 0 Å². The van der Waals surface area contributed by atoms with Crippen LogP contribution in [-0.2, 0) is 0 Å². The number of aryl methyl sites for hydroxylation is 1. The minimum Gasteiger partial charge on any atom is -0.429 e. The molecule has 1 aromatic rings. The summed E-state index contributed by atoms with van der Waals surface area (Å²) in [5, 5.41) is 0. The second-order valence-electron chi connectivity index (χ2n) is 4.68. The van der Waals surface area contributed by atoms with Crippen molar-refractivity contribution >= 4 is 6.01 Å². The molecule has 2 rings (SSSR count). The number of hydrogen-bond acceptors (Lipinski definition) is 4. The van der Waals surface area contributed by atoms with Gasteiger partial charge in [-0.3, -0.25) is 0 Å². The molecule has 0 amide bonds. The van der Waals surface area contributed by atoms with Gasteiger partial charge in [0.05, 0.1) is 6.20 Å². The standard InChI is InChI=1S/C12H21N3O/c1-9-8-14-12(16-9)15-6-4-3-5-11(7-13)10(15)2/h8,10-11H,3-7,13H2,1-2H3/t10-,11-/m1/s1. The average molecular weight is 223 g/mol. The molecule has 90 valence electrons. The van der Waals surface area contributed by atoms with Gasteiger partial charge >= 0.3 is 0 Å². The number of anilines is 1. The van der Waals surface area contributed by atoms with Gasteiger partial charge in [-0.05, 0) is 39.2 Å². The van der Waals surface area contributed by atoms with E-state index in [1.807, 2.05) is 6.92 Å². The van der Waals surface area contributed by atoms with Gasteiger partial charge in [0.1, 0.15) is 5.76 Å². The lowest BCUT2D eigenvalue weighted by atomic mass is 9.96. The second kappa shape index (κ2) is 4.87. The van der Waals surface area contributed by atoms with Crippen molar-refractivity contribution in [2.24, 2.45) is 11.7 Å². The van der Waals surface area contributed by atoms with Crippen molar-refractivity contribution in [1.82, 2.24) is 4.98 Å². The molecule has 0 aliphatic carbocycles. The zero-order chi connectivity index (χ0) is 11.5. The van der Waals surface area contributed by atoms with Crippen LogP contribution in [0.15, 0.2) is 10.6 Å². The summed E-state index contributed by atoms with van der Waals surface area (Å²) in [5.74, 6) is 1.42. The normalized spacial score (nSPS) is 26.8. The van der Waals surface area contributed by atoms with Crippen molar-refractivity contribution in [3.05, 3.63) is 12.0 Å². The molecule has 1 aliphatic heterocycles. The monoisotopic (exact) mass is 223 g/mol. The second-order valence-corrected chi connectivity index (χ2v) is 4.68. The van der Waals surface area contributed by atoms with Crippen molar-refractivity contribution in [3.63, 3.8) is 0 Å². The number of hydrogen-bond donors (Lipinski definition) is 1. The van der Waals surface area contributed by atoms with Gasteiger partial charge in [-0.1, -0.05) is 6.42 Å². The molecule has 4 heteroatoms. The van der Waals surface area contributed by atoms with E-state index in [2.05, 4.69) is 16.8 Å². The first kappa shape index (κ1) is 11.5. The van der Waals surface area contributed by atoms with Crippen LogP contribution in [-0.4, -0.2) is 24.1 Å². The molecule has 1 fully saturated rings. The first-order chi connectivity index (χ1) is 7.72. The van der Waals surface area contributed by atoms with Gasteiger partial charge in [0.25, 0.3) is 6.01 Å². The van der Waals surface area contributed by atoms with Crippen LogP contribution in [0.25, 0.3) is 0 Å². The summed E-state index contributed by atoms with van der Waals surface area (Å²) in [6.07, 6.45) is 5.45. The molecule has 1 saturated heterocycles. The maximum atomic E-state index is 5.83. The number of aromatic nitrogens is 1. The summed E-state index contributed by atoms with van der Waals surface area (Å²) in [6.45, 7) is 5.93. The van der Waals surface area contributed by atoms with E-state index in [9.17, 15) is 0 Å². The lowest BCUT2D eigenvalue weighted by Gasteiger charge is -2.30. The first-order valence-electron chi connectivity index (χ1n) is 6.11.